The number of hydrogen-bond donors (Lipinski definition) is 0. The molecule has 0 bridgehead atoms. The van der Waals surface area contributed by atoms with E-state index in [1.807, 2.05) is 25.1 Å². The van der Waals surface area contributed by atoms with Crippen molar-refractivity contribution >= 4 is 28.4 Å². The molecule has 0 aliphatic rings. The SMILES string of the molecule is C=C(C)Cc1c(OC)n(C(=O)c2ccc(Cl)cc2)c2ccc(OC)cc12. The van der Waals surface area contributed by atoms with Crippen molar-refractivity contribution in [2.75, 3.05) is 14.2 Å². The zero-order chi connectivity index (χ0) is 18.8. The van der Waals surface area contributed by atoms with Gasteiger partial charge in [-0.3, -0.25) is 4.79 Å². The van der Waals surface area contributed by atoms with E-state index in [0.717, 1.165) is 27.8 Å². The van der Waals surface area contributed by atoms with Crippen molar-refractivity contribution in [1.82, 2.24) is 4.57 Å². The van der Waals surface area contributed by atoms with Gasteiger partial charge >= 0.3 is 0 Å². The second-order valence-corrected chi connectivity index (χ2v) is 6.59. The predicted octanol–water partition coefficient (Wildman–Crippen LogP) is 5.12. The zero-order valence-electron chi connectivity index (χ0n) is 15.0. The molecule has 0 unspecified atom stereocenters. The van der Waals surface area contributed by atoms with Gasteiger partial charge in [-0.25, -0.2) is 4.57 Å². The average Bonchev–Trinajstić information content (AvgIpc) is 2.93. The summed E-state index contributed by atoms with van der Waals surface area (Å²) >= 11 is 5.94. The largest absolute Gasteiger partial charge is 0.497 e. The molecule has 3 aromatic rings. The van der Waals surface area contributed by atoms with Crippen LogP contribution in [0.2, 0.25) is 5.02 Å². The molecule has 0 saturated carbocycles. The molecular formula is C21H20ClNO3. The van der Waals surface area contributed by atoms with Crippen LogP contribution in [0.5, 0.6) is 11.6 Å². The number of fused-ring (bicyclic) bond motifs is 1. The predicted molar refractivity (Wildman–Crippen MR) is 105 cm³/mol. The lowest BCUT2D eigenvalue weighted by Crippen LogP contribution is -2.13. The van der Waals surface area contributed by atoms with Crippen molar-refractivity contribution in [1.29, 1.82) is 0 Å². The maximum atomic E-state index is 13.2. The fourth-order valence-electron chi connectivity index (χ4n) is 3.05. The van der Waals surface area contributed by atoms with Crippen LogP contribution in [0, 0.1) is 0 Å². The Morgan fingerprint density at radius 1 is 1.12 bits per heavy atom. The molecule has 0 fully saturated rings. The molecule has 0 atom stereocenters. The Morgan fingerprint density at radius 2 is 1.81 bits per heavy atom. The van der Waals surface area contributed by atoms with Gasteiger partial charge < -0.3 is 9.47 Å². The minimum absolute atomic E-state index is 0.179. The molecule has 5 heteroatoms. The van der Waals surface area contributed by atoms with Gasteiger partial charge in [0.25, 0.3) is 5.91 Å². The summed E-state index contributed by atoms with van der Waals surface area (Å²) in [5.74, 6) is 1.05. The van der Waals surface area contributed by atoms with E-state index in [2.05, 4.69) is 6.58 Å². The highest BCUT2D eigenvalue weighted by Gasteiger charge is 2.23. The Morgan fingerprint density at radius 3 is 2.38 bits per heavy atom. The number of carbonyl (C=O) groups is 1. The summed E-state index contributed by atoms with van der Waals surface area (Å²) in [6.45, 7) is 5.95. The Hall–Kier alpha value is -2.72. The van der Waals surface area contributed by atoms with Crippen molar-refractivity contribution < 1.29 is 14.3 Å². The number of rotatable bonds is 5. The summed E-state index contributed by atoms with van der Waals surface area (Å²) in [5, 5.41) is 1.49. The Balaban J connectivity index is 2.28. The first-order chi connectivity index (χ1) is 12.5. The van der Waals surface area contributed by atoms with Gasteiger partial charge in [-0.2, -0.15) is 0 Å². The molecular weight excluding hydrogens is 350 g/mol. The van der Waals surface area contributed by atoms with E-state index >= 15 is 0 Å². The third kappa shape index (κ3) is 3.20. The summed E-state index contributed by atoms with van der Waals surface area (Å²) in [6, 6.07) is 12.4. The molecule has 2 aromatic carbocycles. The smallest absolute Gasteiger partial charge is 0.265 e. The lowest BCUT2D eigenvalue weighted by Gasteiger charge is -2.10. The van der Waals surface area contributed by atoms with Crippen molar-refractivity contribution in [2.45, 2.75) is 13.3 Å². The average molecular weight is 370 g/mol. The lowest BCUT2D eigenvalue weighted by molar-refractivity contribution is 0.0955. The van der Waals surface area contributed by atoms with E-state index in [1.165, 1.54) is 0 Å². The van der Waals surface area contributed by atoms with Crippen molar-refractivity contribution in [3.8, 4) is 11.6 Å². The third-order valence-corrected chi connectivity index (χ3v) is 4.45. The van der Waals surface area contributed by atoms with E-state index in [1.54, 1.807) is 43.1 Å². The fraction of sp³-hybridized carbons (Fsp3) is 0.190. The number of hydrogen-bond acceptors (Lipinski definition) is 3. The highest BCUT2D eigenvalue weighted by molar-refractivity contribution is 6.30. The van der Waals surface area contributed by atoms with Crippen molar-refractivity contribution in [2.24, 2.45) is 0 Å². The molecule has 26 heavy (non-hydrogen) atoms. The van der Waals surface area contributed by atoms with Crippen LogP contribution in [0.1, 0.15) is 22.8 Å². The highest BCUT2D eigenvalue weighted by Crippen LogP contribution is 2.36. The van der Waals surface area contributed by atoms with Crippen LogP contribution in [0.3, 0.4) is 0 Å². The number of halogens is 1. The van der Waals surface area contributed by atoms with E-state index in [4.69, 9.17) is 21.1 Å². The van der Waals surface area contributed by atoms with E-state index in [9.17, 15) is 4.79 Å². The second kappa shape index (κ2) is 7.26. The molecule has 0 spiro atoms. The van der Waals surface area contributed by atoms with Crippen LogP contribution >= 0.6 is 11.6 Å². The summed E-state index contributed by atoms with van der Waals surface area (Å²) in [4.78, 5) is 13.2. The Bertz CT molecular complexity index is 987. The van der Waals surface area contributed by atoms with E-state index < -0.39 is 0 Å². The summed E-state index contributed by atoms with van der Waals surface area (Å²) in [5.41, 5.74) is 3.18. The van der Waals surface area contributed by atoms with Gasteiger partial charge in [0.1, 0.15) is 5.75 Å². The van der Waals surface area contributed by atoms with Crippen LogP contribution in [-0.2, 0) is 6.42 Å². The number of allylic oxidation sites excluding steroid dienone is 1. The summed E-state index contributed by atoms with van der Waals surface area (Å²) < 4.78 is 12.6. The van der Waals surface area contributed by atoms with Gasteiger partial charge in [-0.05, 0) is 55.8 Å². The number of nitrogens with zero attached hydrogens (tertiary/aromatic N) is 1. The molecule has 0 saturated heterocycles. The van der Waals surface area contributed by atoms with Crippen LogP contribution in [0.25, 0.3) is 10.9 Å². The van der Waals surface area contributed by atoms with Gasteiger partial charge in [-0.15, -0.1) is 0 Å². The molecule has 0 radical (unpaired) electrons. The molecule has 4 nitrogen and oxygen atoms in total. The molecule has 3 rings (SSSR count). The van der Waals surface area contributed by atoms with Gasteiger partial charge in [0.05, 0.1) is 19.7 Å². The molecule has 0 aliphatic heterocycles. The molecule has 0 amide bonds. The second-order valence-electron chi connectivity index (χ2n) is 6.15. The van der Waals surface area contributed by atoms with Gasteiger partial charge in [0, 0.05) is 21.5 Å². The third-order valence-electron chi connectivity index (χ3n) is 4.20. The van der Waals surface area contributed by atoms with Crippen LogP contribution < -0.4 is 9.47 Å². The Kier molecular flexibility index (Phi) is 5.05. The van der Waals surface area contributed by atoms with Crippen molar-refractivity contribution in [3.05, 3.63) is 70.8 Å². The molecule has 1 heterocycles. The monoisotopic (exact) mass is 369 g/mol. The maximum Gasteiger partial charge on any atom is 0.265 e. The zero-order valence-corrected chi connectivity index (χ0v) is 15.8. The number of ether oxygens (including phenoxy) is 2. The molecule has 0 aliphatic carbocycles. The molecule has 0 N–H and O–H groups in total. The number of benzene rings is 2. The lowest BCUT2D eigenvalue weighted by atomic mass is 10.1. The van der Waals surface area contributed by atoms with E-state index in [-0.39, 0.29) is 5.91 Å². The van der Waals surface area contributed by atoms with E-state index in [0.29, 0.717) is 22.9 Å². The van der Waals surface area contributed by atoms with Crippen LogP contribution in [-0.4, -0.2) is 24.7 Å². The normalized spacial score (nSPS) is 10.8. The number of carbonyl (C=O) groups excluding carboxylic acids is 1. The first-order valence-corrected chi connectivity index (χ1v) is 8.54. The Labute approximate surface area is 157 Å². The first kappa shape index (κ1) is 18.1. The quantitative estimate of drug-likeness (QED) is 0.586. The minimum Gasteiger partial charge on any atom is -0.497 e. The van der Waals surface area contributed by atoms with Gasteiger partial charge in [0.2, 0.25) is 5.88 Å². The minimum atomic E-state index is -0.179. The highest BCUT2D eigenvalue weighted by atomic mass is 35.5. The van der Waals surface area contributed by atoms with Crippen LogP contribution in [0.4, 0.5) is 0 Å². The fourth-order valence-corrected chi connectivity index (χ4v) is 3.17. The number of methoxy groups -OCH3 is 2. The molecule has 134 valence electrons. The van der Waals surface area contributed by atoms with Crippen LogP contribution in [0.15, 0.2) is 54.6 Å². The van der Waals surface area contributed by atoms with Gasteiger partial charge in [0.15, 0.2) is 0 Å². The first-order valence-electron chi connectivity index (χ1n) is 8.16. The summed E-state index contributed by atoms with van der Waals surface area (Å²) in [6.07, 6.45) is 0.605. The van der Waals surface area contributed by atoms with Gasteiger partial charge in [-0.1, -0.05) is 23.8 Å². The topological polar surface area (TPSA) is 40.5 Å². The standard InChI is InChI=1S/C21H20ClNO3/c1-13(2)11-18-17-12-16(25-3)9-10-19(17)23(21(18)26-4)20(24)14-5-7-15(22)8-6-14/h5-10,12H,1,11H2,2-4H3. The maximum absolute atomic E-state index is 13.2. The number of aromatic nitrogens is 1. The summed E-state index contributed by atoms with van der Waals surface area (Å²) in [7, 11) is 3.19. The van der Waals surface area contributed by atoms with Crippen molar-refractivity contribution in [3.63, 3.8) is 0 Å². The molecule has 1 aromatic heterocycles.